The number of primary amides is 1. The Bertz CT molecular complexity index is 2660. The SMILES string of the molecule is Cn1c(=O)n(C2CCC(=O)NC2=O)c2ccc(C3CCN(CCCC(=O)N4CC[C@H]5CC[C@@H](C(N)=O)N5C(=O)[C@@H](NC(=O)c5cc6cc(C(=O)P(=O)(O)O)ccc6[nH]5)C4)CC3)cc21. The largest absolute Gasteiger partial charge is 0.396 e. The molecule has 0 aliphatic carbocycles. The van der Waals surface area contributed by atoms with E-state index in [9.17, 15) is 52.7 Å². The Hall–Kier alpha value is -5.95. The molecule has 4 aliphatic rings. The summed E-state index contributed by atoms with van der Waals surface area (Å²) in [5, 5.41) is 5.40. The van der Waals surface area contributed by atoms with Crippen molar-refractivity contribution >= 4 is 70.5 Å². The maximum Gasteiger partial charge on any atom is 0.396 e. The number of imide groups is 1. The van der Waals surface area contributed by atoms with E-state index in [0.29, 0.717) is 55.2 Å². The van der Waals surface area contributed by atoms with E-state index in [1.54, 1.807) is 16.5 Å². The van der Waals surface area contributed by atoms with Gasteiger partial charge in [-0.3, -0.25) is 52.6 Å². The van der Waals surface area contributed by atoms with E-state index in [2.05, 4.69) is 20.5 Å². The molecule has 0 saturated carbocycles. The minimum absolute atomic E-state index is 0.00161. The summed E-state index contributed by atoms with van der Waals surface area (Å²) in [6, 6.07) is 7.97. The molecule has 8 rings (SSSR count). The van der Waals surface area contributed by atoms with Crippen molar-refractivity contribution in [3.8, 4) is 0 Å². The minimum atomic E-state index is -5.05. The van der Waals surface area contributed by atoms with Gasteiger partial charge in [0.15, 0.2) is 0 Å². The number of likely N-dealkylation sites (tertiary alicyclic amines) is 1. The van der Waals surface area contributed by atoms with Gasteiger partial charge in [0.1, 0.15) is 23.8 Å². The van der Waals surface area contributed by atoms with Crippen LogP contribution in [0.4, 0.5) is 0 Å². The Morgan fingerprint density at radius 3 is 2.38 bits per heavy atom. The fourth-order valence-corrected chi connectivity index (χ4v) is 10.2. The van der Waals surface area contributed by atoms with Crippen molar-refractivity contribution in [2.24, 2.45) is 12.8 Å². The summed E-state index contributed by atoms with van der Waals surface area (Å²) in [4.78, 5) is 131. The van der Waals surface area contributed by atoms with Crippen LogP contribution in [0.3, 0.4) is 0 Å². The molecular weight excluding hydrogens is 837 g/mol. The van der Waals surface area contributed by atoms with Crippen LogP contribution >= 0.6 is 7.60 Å². The molecule has 6 amide bonds. The summed E-state index contributed by atoms with van der Waals surface area (Å²) < 4.78 is 14.6. The number of nitrogens with one attached hydrogen (secondary N) is 3. The third-order valence-corrected chi connectivity index (χ3v) is 13.9. The Labute approximate surface area is 360 Å². The van der Waals surface area contributed by atoms with E-state index in [4.69, 9.17) is 5.73 Å². The van der Waals surface area contributed by atoms with Crippen molar-refractivity contribution in [2.45, 2.75) is 87.9 Å². The predicted molar refractivity (Wildman–Crippen MR) is 226 cm³/mol. The summed E-state index contributed by atoms with van der Waals surface area (Å²) in [6.07, 6.45) is 4.24. The first kappa shape index (κ1) is 43.7. The van der Waals surface area contributed by atoms with Crippen molar-refractivity contribution in [1.82, 2.24) is 39.5 Å². The molecule has 2 aromatic carbocycles. The number of carbonyl (C=O) groups excluding carboxylic acids is 7. The van der Waals surface area contributed by atoms with E-state index in [-0.39, 0.29) is 66.5 Å². The zero-order chi connectivity index (χ0) is 44.9. The third-order valence-electron chi connectivity index (χ3n) is 13.1. The summed E-state index contributed by atoms with van der Waals surface area (Å²) in [6.45, 7) is 2.43. The second-order valence-electron chi connectivity index (χ2n) is 17.0. The number of aromatic nitrogens is 3. The van der Waals surface area contributed by atoms with Gasteiger partial charge >= 0.3 is 13.3 Å². The lowest BCUT2D eigenvalue weighted by molar-refractivity contribution is -0.144. The first-order valence-corrected chi connectivity index (χ1v) is 22.8. The number of hydrogen-bond acceptors (Lipinski definition) is 10. The molecule has 7 N–H and O–H groups in total. The second kappa shape index (κ2) is 17.3. The number of benzene rings is 2. The molecule has 4 aromatic rings. The average molecular weight is 888 g/mol. The van der Waals surface area contributed by atoms with Gasteiger partial charge in [0.05, 0.1) is 11.0 Å². The average Bonchev–Trinajstić information content (AvgIpc) is 3.94. The molecule has 63 heavy (non-hydrogen) atoms. The zero-order valence-electron chi connectivity index (χ0n) is 34.7. The summed E-state index contributed by atoms with van der Waals surface area (Å²) in [5.74, 6) is -2.64. The molecule has 4 atom stereocenters. The number of aromatic amines is 1. The standard InChI is InChI=1S/C42H50N9O11P/c1-47-34-21-24(5-8-31(34)51(42(47)59)33-10-11-35(52)46-39(33)56)23-12-16-48(17-13-23)15-2-3-36(53)49-18-14-27-6-9-32(37(43)54)50(27)40(57)30(22-49)45-38(55)29-20-26-19-25(4-7-28(26)44-29)41(58)63(60,61)62/h4-5,7-8,19-21,23,27,30,32-33,44H,2-3,6,9-18,22H2,1H3,(H2,43,54)(H,45,55)(H,46,52,56)(H2,60,61,62)/t27-,30+,32+,33?/m1/s1. The summed E-state index contributed by atoms with van der Waals surface area (Å²) in [7, 11) is -3.37. The number of piperidine rings is 2. The van der Waals surface area contributed by atoms with E-state index in [1.807, 2.05) is 18.2 Å². The molecule has 4 fully saturated rings. The fraction of sp³-hybridized carbons (Fsp3) is 0.476. The second-order valence-corrected chi connectivity index (χ2v) is 18.5. The Morgan fingerprint density at radius 2 is 1.67 bits per heavy atom. The number of rotatable bonds is 11. The van der Waals surface area contributed by atoms with Crippen LogP contribution in [-0.4, -0.2) is 130 Å². The van der Waals surface area contributed by atoms with Gasteiger partial charge in [0.25, 0.3) is 11.4 Å². The molecule has 0 bridgehead atoms. The van der Waals surface area contributed by atoms with Crippen LogP contribution in [-0.2, 0) is 35.6 Å². The summed E-state index contributed by atoms with van der Waals surface area (Å²) in [5.41, 5.74) is 6.64. The zero-order valence-corrected chi connectivity index (χ0v) is 35.6. The maximum absolute atomic E-state index is 14.1. The number of carbonyl (C=O) groups is 7. The highest BCUT2D eigenvalue weighted by molar-refractivity contribution is 7.70. The van der Waals surface area contributed by atoms with Gasteiger partial charge < -0.3 is 40.5 Å². The van der Waals surface area contributed by atoms with Crippen LogP contribution in [0.25, 0.3) is 21.9 Å². The van der Waals surface area contributed by atoms with Gasteiger partial charge in [-0.1, -0.05) is 6.07 Å². The molecule has 0 spiro atoms. The van der Waals surface area contributed by atoms with Crippen molar-refractivity contribution in [3.63, 3.8) is 0 Å². The number of nitrogens with zero attached hydrogens (tertiary/aromatic N) is 5. The highest BCUT2D eigenvalue weighted by Crippen LogP contribution is 2.39. The Kier molecular flexibility index (Phi) is 12.0. The van der Waals surface area contributed by atoms with Crippen LogP contribution in [0.2, 0.25) is 0 Å². The molecule has 0 radical (unpaired) electrons. The van der Waals surface area contributed by atoms with Gasteiger partial charge in [0.2, 0.25) is 29.5 Å². The number of hydrogen-bond donors (Lipinski definition) is 6. The van der Waals surface area contributed by atoms with Crippen molar-refractivity contribution in [2.75, 3.05) is 32.7 Å². The van der Waals surface area contributed by atoms with Crippen LogP contribution < -0.4 is 22.1 Å². The molecule has 1 unspecified atom stereocenters. The molecule has 334 valence electrons. The fourth-order valence-electron chi connectivity index (χ4n) is 9.75. The molecule has 6 heterocycles. The summed E-state index contributed by atoms with van der Waals surface area (Å²) >= 11 is 0. The lowest BCUT2D eigenvalue weighted by Crippen LogP contribution is -2.60. The van der Waals surface area contributed by atoms with Crippen LogP contribution in [0, 0.1) is 0 Å². The first-order valence-electron chi connectivity index (χ1n) is 21.2. The molecule has 20 nitrogen and oxygen atoms in total. The van der Waals surface area contributed by atoms with Crippen molar-refractivity contribution < 1.29 is 47.9 Å². The van der Waals surface area contributed by atoms with E-state index < -0.39 is 54.9 Å². The van der Waals surface area contributed by atoms with E-state index in [0.717, 1.165) is 37.0 Å². The Balaban J connectivity index is 0.893. The lowest BCUT2D eigenvalue weighted by atomic mass is 9.89. The maximum atomic E-state index is 14.1. The van der Waals surface area contributed by atoms with Crippen LogP contribution in [0.1, 0.15) is 96.2 Å². The quantitative estimate of drug-likeness (QED) is 0.0908. The van der Waals surface area contributed by atoms with Crippen molar-refractivity contribution in [1.29, 1.82) is 0 Å². The first-order chi connectivity index (χ1) is 30.0. The predicted octanol–water partition coefficient (Wildman–Crippen LogP) is 0.952. The number of nitrogens with two attached hydrogens (primary N) is 1. The number of aryl methyl sites for hydroxylation is 1. The molecule has 2 aromatic heterocycles. The number of H-pyrrole nitrogens is 1. The van der Waals surface area contributed by atoms with Gasteiger partial charge in [0, 0.05) is 55.5 Å². The third kappa shape index (κ3) is 8.72. The number of imidazole rings is 1. The normalized spacial score (nSPS) is 22.8. The van der Waals surface area contributed by atoms with E-state index in [1.165, 1.54) is 33.7 Å². The van der Waals surface area contributed by atoms with Crippen molar-refractivity contribution in [3.05, 3.63) is 69.8 Å². The lowest BCUT2D eigenvalue weighted by Gasteiger charge is -2.38. The molecule has 4 saturated heterocycles. The van der Waals surface area contributed by atoms with Gasteiger partial charge in [-0.2, -0.15) is 0 Å². The minimum Gasteiger partial charge on any atom is -0.368 e. The smallest absolute Gasteiger partial charge is 0.368 e. The van der Waals surface area contributed by atoms with Gasteiger partial charge in [-0.05, 0) is 112 Å². The highest BCUT2D eigenvalue weighted by atomic mass is 31.2. The Morgan fingerprint density at radius 1 is 0.905 bits per heavy atom. The molecule has 4 aliphatic heterocycles. The van der Waals surface area contributed by atoms with Gasteiger partial charge in [-0.25, -0.2) is 4.79 Å². The van der Waals surface area contributed by atoms with Crippen LogP contribution in [0.5, 0.6) is 0 Å². The van der Waals surface area contributed by atoms with Gasteiger partial charge in [-0.15, -0.1) is 0 Å². The highest BCUT2D eigenvalue weighted by Gasteiger charge is 2.45. The van der Waals surface area contributed by atoms with E-state index >= 15 is 0 Å². The topological polar surface area (TPSA) is 280 Å². The molecular formula is C42H50N9O11P. The van der Waals surface area contributed by atoms with Crippen LogP contribution in [0.15, 0.2) is 47.3 Å². The molecule has 21 heteroatoms. The monoisotopic (exact) mass is 887 g/mol. The number of amides is 6. The number of fused-ring (bicyclic) bond motifs is 3.